The van der Waals surface area contributed by atoms with Crippen LogP contribution in [0.1, 0.15) is 80.6 Å². The lowest BCUT2D eigenvalue weighted by Gasteiger charge is -2.31. The van der Waals surface area contributed by atoms with Crippen molar-refractivity contribution in [3.05, 3.63) is 0 Å². The number of nitrogens with one attached hydrogen (secondary N) is 1. The molecule has 1 aliphatic heterocycles. The third-order valence-electron chi connectivity index (χ3n) is 4.67. The smallest absolute Gasteiger partial charge is 0.329 e. The quantitative estimate of drug-likeness (QED) is 0.428. The van der Waals surface area contributed by atoms with E-state index < -0.39 is 29.3 Å². The van der Waals surface area contributed by atoms with Gasteiger partial charge in [0, 0.05) is 6.54 Å². The van der Waals surface area contributed by atoms with Crippen molar-refractivity contribution < 1.29 is 23.9 Å². The van der Waals surface area contributed by atoms with Gasteiger partial charge in [0.1, 0.15) is 23.3 Å². The highest BCUT2D eigenvalue weighted by molar-refractivity contribution is 5.88. The maximum atomic E-state index is 13.1. The Bertz CT molecular complexity index is 595. The lowest BCUT2D eigenvalue weighted by molar-refractivity contribution is -0.164. The lowest BCUT2D eigenvalue weighted by atomic mass is 10.1. The predicted octanol–water partition coefficient (Wildman–Crippen LogP) is 2.14. The van der Waals surface area contributed by atoms with Gasteiger partial charge in [-0.25, -0.2) is 4.79 Å². The molecule has 0 aromatic carbocycles. The third-order valence-corrected chi connectivity index (χ3v) is 4.67. The first-order chi connectivity index (χ1) is 13.7. The van der Waals surface area contributed by atoms with E-state index >= 15 is 0 Å². The summed E-state index contributed by atoms with van der Waals surface area (Å²) in [4.78, 5) is 39.8. The standard InChI is InChI=1S/C22H41N3O5/c1-15(24-16(11-8-9-13-23)19(27)29-21(2,3)4)18(26)25-14-10-12-17(25)20(28)30-22(5,6)7/h15-17,24H,8-14,23H2,1-7H3/t15-,16+,17+/m1/s1. The fraction of sp³-hybridized carbons (Fsp3) is 0.864. The maximum absolute atomic E-state index is 13.1. The molecule has 1 amide bonds. The number of carbonyl (C=O) groups is 3. The fourth-order valence-electron chi connectivity index (χ4n) is 3.40. The summed E-state index contributed by atoms with van der Waals surface area (Å²) in [5.74, 6) is -0.979. The van der Waals surface area contributed by atoms with Gasteiger partial charge in [-0.05, 0) is 80.7 Å². The highest BCUT2D eigenvalue weighted by atomic mass is 16.6. The van der Waals surface area contributed by atoms with Gasteiger partial charge in [0.2, 0.25) is 5.91 Å². The Balaban J connectivity index is 2.83. The molecule has 0 bridgehead atoms. The molecule has 1 rings (SSSR count). The van der Waals surface area contributed by atoms with E-state index in [0.717, 1.165) is 19.3 Å². The number of nitrogens with two attached hydrogens (primary N) is 1. The molecule has 0 aromatic rings. The van der Waals surface area contributed by atoms with Gasteiger partial charge in [-0.3, -0.25) is 14.9 Å². The monoisotopic (exact) mass is 427 g/mol. The zero-order chi connectivity index (χ0) is 23.1. The molecule has 0 spiro atoms. The number of nitrogens with zero attached hydrogens (tertiary/aromatic N) is 1. The van der Waals surface area contributed by atoms with E-state index in [0.29, 0.717) is 25.9 Å². The van der Waals surface area contributed by atoms with Crippen LogP contribution >= 0.6 is 0 Å². The zero-order valence-corrected chi connectivity index (χ0v) is 19.7. The molecule has 0 radical (unpaired) electrons. The minimum atomic E-state index is -0.636. The van der Waals surface area contributed by atoms with Gasteiger partial charge in [0.15, 0.2) is 0 Å². The van der Waals surface area contributed by atoms with Crippen LogP contribution in [-0.2, 0) is 23.9 Å². The minimum absolute atomic E-state index is 0.212. The van der Waals surface area contributed by atoms with Gasteiger partial charge in [-0.2, -0.15) is 0 Å². The average molecular weight is 428 g/mol. The largest absolute Gasteiger partial charge is 0.459 e. The van der Waals surface area contributed by atoms with Crippen LogP contribution in [-0.4, -0.2) is 65.2 Å². The number of esters is 2. The summed E-state index contributed by atoms with van der Waals surface area (Å²) < 4.78 is 11.0. The van der Waals surface area contributed by atoms with Crippen molar-refractivity contribution >= 4 is 17.8 Å². The van der Waals surface area contributed by atoms with Gasteiger partial charge in [0.25, 0.3) is 0 Å². The summed E-state index contributed by atoms with van der Waals surface area (Å²) in [5, 5.41) is 3.12. The highest BCUT2D eigenvalue weighted by Crippen LogP contribution is 2.22. The predicted molar refractivity (Wildman–Crippen MR) is 116 cm³/mol. The summed E-state index contributed by atoms with van der Waals surface area (Å²) in [7, 11) is 0. The topological polar surface area (TPSA) is 111 Å². The van der Waals surface area contributed by atoms with Crippen molar-refractivity contribution in [2.75, 3.05) is 13.1 Å². The van der Waals surface area contributed by atoms with Gasteiger partial charge < -0.3 is 20.1 Å². The first-order valence-electron chi connectivity index (χ1n) is 11.0. The molecule has 0 saturated carbocycles. The van der Waals surface area contributed by atoms with Crippen molar-refractivity contribution in [2.24, 2.45) is 5.73 Å². The average Bonchev–Trinajstić information content (AvgIpc) is 3.07. The van der Waals surface area contributed by atoms with Crippen molar-refractivity contribution in [1.29, 1.82) is 0 Å². The van der Waals surface area contributed by atoms with Crippen molar-refractivity contribution in [1.82, 2.24) is 10.2 Å². The van der Waals surface area contributed by atoms with Crippen LogP contribution in [0, 0.1) is 0 Å². The van der Waals surface area contributed by atoms with Crippen LogP contribution in [0.15, 0.2) is 0 Å². The number of hydrogen-bond acceptors (Lipinski definition) is 7. The SMILES string of the molecule is C[C@@H](N[C@@H](CCCCN)C(=O)OC(C)(C)C)C(=O)N1CCC[C@H]1C(=O)OC(C)(C)C. The van der Waals surface area contributed by atoms with Crippen LogP contribution in [0.3, 0.4) is 0 Å². The van der Waals surface area contributed by atoms with E-state index in [1.165, 1.54) is 0 Å². The summed E-state index contributed by atoms with van der Waals surface area (Å²) in [5.41, 5.74) is 4.35. The second-order valence-corrected chi connectivity index (χ2v) is 9.98. The summed E-state index contributed by atoms with van der Waals surface area (Å²) in [6.07, 6.45) is 3.39. The molecule has 1 heterocycles. The molecule has 8 heteroatoms. The van der Waals surface area contributed by atoms with Gasteiger partial charge in [-0.15, -0.1) is 0 Å². The maximum Gasteiger partial charge on any atom is 0.329 e. The highest BCUT2D eigenvalue weighted by Gasteiger charge is 2.39. The molecule has 3 atom stereocenters. The van der Waals surface area contributed by atoms with Crippen molar-refractivity contribution in [3.63, 3.8) is 0 Å². The Morgan fingerprint density at radius 1 is 1.07 bits per heavy atom. The van der Waals surface area contributed by atoms with Gasteiger partial charge in [0.05, 0.1) is 6.04 Å². The van der Waals surface area contributed by atoms with Crippen LogP contribution in [0.4, 0.5) is 0 Å². The normalized spacial score (nSPS) is 19.3. The molecule has 3 N–H and O–H groups in total. The molecule has 8 nitrogen and oxygen atoms in total. The Morgan fingerprint density at radius 2 is 1.67 bits per heavy atom. The summed E-state index contributed by atoms with van der Waals surface area (Å²) in [6.45, 7) is 13.6. The fourth-order valence-corrected chi connectivity index (χ4v) is 3.40. The van der Waals surface area contributed by atoms with Crippen molar-refractivity contribution in [2.45, 2.75) is 110 Å². The van der Waals surface area contributed by atoms with E-state index in [1.807, 2.05) is 41.5 Å². The number of likely N-dealkylation sites (tertiary alicyclic amines) is 1. The molecule has 0 aromatic heterocycles. The number of unbranched alkanes of at least 4 members (excludes halogenated alkanes) is 1. The van der Waals surface area contributed by atoms with Crippen LogP contribution in [0.5, 0.6) is 0 Å². The Morgan fingerprint density at radius 3 is 2.20 bits per heavy atom. The minimum Gasteiger partial charge on any atom is -0.459 e. The summed E-state index contributed by atoms with van der Waals surface area (Å²) >= 11 is 0. The number of rotatable bonds is 9. The molecular formula is C22H41N3O5. The number of carbonyl (C=O) groups excluding carboxylic acids is 3. The Hall–Kier alpha value is -1.67. The van der Waals surface area contributed by atoms with E-state index in [2.05, 4.69) is 5.32 Å². The molecule has 0 aliphatic carbocycles. The Kier molecular flexibility index (Phi) is 9.75. The Labute approximate surface area is 181 Å². The number of hydrogen-bond donors (Lipinski definition) is 2. The first kappa shape index (κ1) is 26.4. The molecule has 1 saturated heterocycles. The molecule has 1 aliphatic rings. The third kappa shape index (κ3) is 9.00. The second kappa shape index (κ2) is 11.1. The molecule has 30 heavy (non-hydrogen) atoms. The summed E-state index contributed by atoms with van der Waals surface area (Å²) in [6, 6.07) is -1.83. The van der Waals surface area contributed by atoms with E-state index in [1.54, 1.807) is 11.8 Å². The van der Waals surface area contributed by atoms with Gasteiger partial charge in [-0.1, -0.05) is 6.42 Å². The van der Waals surface area contributed by atoms with Crippen LogP contribution in [0.2, 0.25) is 0 Å². The van der Waals surface area contributed by atoms with Gasteiger partial charge >= 0.3 is 11.9 Å². The van der Waals surface area contributed by atoms with Crippen molar-refractivity contribution in [3.8, 4) is 0 Å². The zero-order valence-electron chi connectivity index (χ0n) is 19.7. The first-order valence-corrected chi connectivity index (χ1v) is 11.0. The number of amides is 1. The van der Waals surface area contributed by atoms with E-state index in [-0.39, 0.29) is 17.8 Å². The van der Waals surface area contributed by atoms with Crippen LogP contribution in [0.25, 0.3) is 0 Å². The molecule has 174 valence electrons. The van der Waals surface area contributed by atoms with E-state index in [4.69, 9.17) is 15.2 Å². The molecule has 0 unspecified atom stereocenters. The van der Waals surface area contributed by atoms with E-state index in [9.17, 15) is 14.4 Å². The lowest BCUT2D eigenvalue weighted by Crippen LogP contribution is -2.54. The molecular weight excluding hydrogens is 386 g/mol. The second-order valence-electron chi connectivity index (χ2n) is 9.98. The number of ether oxygens (including phenoxy) is 2. The van der Waals surface area contributed by atoms with Crippen LogP contribution < -0.4 is 11.1 Å². The molecule has 1 fully saturated rings.